The molecule has 4 heteroatoms. The summed E-state index contributed by atoms with van der Waals surface area (Å²) >= 11 is 5.99. The molecule has 0 bridgehead atoms. The lowest BCUT2D eigenvalue weighted by Crippen LogP contribution is -2.41. The van der Waals surface area contributed by atoms with Gasteiger partial charge in [0.05, 0.1) is 0 Å². The van der Waals surface area contributed by atoms with Crippen LogP contribution in [0.3, 0.4) is 0 Å². The zero-order chi connectivity index (χ0) is 13.3. The summed E-state index contributed by atoms with van der Waals surface area (Å²) in [6.07, 6.45) is 2.42. The molecule has 98 valence electrons. The molecule has 1 aromatic rings. The minimum absolute atomic E-state index is 0.0795. The van der Waals surface area contributed by atoms with Gasteiger partial charge >= 0.3 is 0 Å². The van der Waals surface area contributed by atoms with Crippen molar-refractivity contribution in [1.29, 1.82) is 5.41 Å². The van der Waals surface area contributed by atoms with E-state index in [4.69, 9.17) is 22.7 Å². The number of amidine groups is 1. The van der Waals surface area contributed by atoms with Crippen molar-refractivity contribution in [3.63, 3.8) is 0 Å². The Balaban J connectivity index is 2.35. The van der Waals surface area contributed by atoms with Crippen molar-refractivity contribution >= 4 is 23.1 Å². The Morgan fingerprint density at radius 1 is 1.44 bits per heavy atom. The van der Waals surface area contributed by atoms with Crippen molar-refractivity contribution in [3.8, 4) is 0 Å². The van der Waals surface area contributed by atoms with Gasteiger partial charge in [-0.05, 0) is 36.5 Å². The molecule has 0 saturated carbocycles. The van der Waals surface area contributed by atoms with Gasteiger partial charge in [-0.2, -0.15) is 0 Å². The van der Waals surface area contributed by atoms with Gasteiger partial charge in [0.2, 0.25) is 0 Å². The summed E-state index contributed by atoms with van der Waals surface area (Å²) in [5, 5.41) is 8.31. The van der Waals surface area contributed by atoms with Gasteiger partial charge in [0, 0.05) is 29.4 Å². The maximum Gasteiger partial charge on any atom is 0.124 e. The van der Waals surface area contributed by atoms with E-state index in [1.54, 1.807) is 6.07 Å². The fraction of sp³-hybridized carbons (Fsp3) is 0.500. The lowest BCUT2D eigenvalue weighted by atomic mass is 9.84. The molecule has 0 atom stereocenters. The predicted octanol–water partition coefficient (Wildman–Crippen LogP) is 3.25. The molecule has 1 fully saturated rings. The number of nitrogen functional groups attached to an aromatic ring is 1. The van der Waals surface area contributed by atoms with E-state index >= 15 is 0 Å². The van der Waals surface area contributed by atoms with E-state index in [0.717, 1.165) is 24.3 Å². The molecule has 0 aromatic heterocycles. The Hall–Kier alpha value is -1.22. The number of anilines is 1. The first-order valence-electron chi connectivity index (χ1n) is 6.28. The van der Waals surface area contributed by atoms with Crippen LogP contribution in [-0.2, 0) is 0 Å². The Labute approximate surface area is 113 Å². The van der Waals surface area contributed by atoms with Crippen LogP contribution in [0.25, 0.3) is 0 Å². The van der Waals surface area contributed by atoms with Crippen LogP contribution < -0.4 is 10.6 Å². The lowest BCUT2D eigenvalue weighted by Gasteiger charge is -2.40. The van der Waals surface area contributed by atoms with E-state index in [1.807, 2.05) is 12.1 Å². The Kier molecular flexibility index (Phi) is 3.53. The van der Waals surface area contributed by atoms with Crippen molar-refractivity contribution in [3.05, 3.63) is 28.8 Å². The standard InChI is InChI=1S/C14H20ClN3/c1-14(2)6-3-7-18(9-14)12-5-4-10(15)8-11(12)13(16)17/h4-5,8H,3,6-7,9H2,1-2H3,(H3,16,17). The van der Waals surface area contributed by atoms with Crippen LogP contribution in [0.15, 0.2) is 18.2 Å². The number of halogens is 1. The minimum atomic E-state index is 0.0795. The van der Waals surface area contributed by atoms with Crippen molar-refractivity contribution < 1.29 is 0 Å². The number of rotatable bonds is 2. The highest BCUT2D eigenvalue weighted by atomic mass is 35.5. The van der Waals surface area contributed by atoms with E-state index < -0.39 is 0 Å². The quantitative estimate of drug-likeness (QED) is 0.637. The first-order valence-corrected chi connectivity index (χ1v) is 6.66. The molecule has 0 spiro atoms. The van der Waals surface area contributed by atoms with Crippen LogP contribution in [0.4, 0.5) is 5.69 Å². The number of nitrogens with zero attached hydrogens (tertiary/aromatic N) is 1. The minimum Gasteiger partial charge on any atom is -0.384 e. The summed E-state index contributed by atoms with van der Waals surface area (Å²) < 4.78 is 0. The normalized spacial score (nSPS) is 18.7. The molecule has 2 rings (SSSR count). The van der Waals surface area contributed by atoms with E-state index in [1.165, 1.54) is 12.8 Å². The van der Waals surface area contributed by atoms with Crippen LogP contribution in [0.1, 0.15) is 32.3 Å². The van der Waals surface area contributed by atoms with Crippen LogP contribution in [-0.4, -0.2) is 18.9 Å². The summed E-state index contributed by atoms with van der Waals surface area (Å²) in [7, 11) is 0. The van der Waals surface area contributed by atoms with Gasteiger partial charge in [0.1, 0.15) is 5.84 Å². The topological polar surface area (TPSA) is 53.1 Å². The van der Waals surface area contributed by atoms with Gasteiger partial charge < -0.3 is 10.6 Å². The molecule has 1 saturated heterocycles. The number of benzene rings is 1. The zero-order valence-electron chi connectivity index (χ0n) is 11.0. The molecule has 1 aliphatic heterocycles. The first-order chi connectivity index (χ1) is 8.39. The van der Waals surface area contributed by atoms with Gasteiger partial charge in [-0.15, -0.1) is 0 Å². The Morgan fingerprint density at radius 3 is 2.78 bits per heavy atom. The smallest absolute Gasteiger partial charge is 0.124 e. The van der Waals surface area contributed by atoms with Crippen molar-refractivity contribution in [2.75, 3.05) is 18.0 Å². The third kappa shape index (κ3) is 2.78. The largest absolute Gasteiger partial charge is 0.384 e. The summed E-state index contributed by atoms with van der Waals surface area (Å²) in [6.45, 7) is 6.57. The van der Waals surface area contributed by atoms with Gasteiger partial charge in [-0.1, -0.05) is 25.4 Å². The van der Waals surface area contributed by atoms with E-state index in [-0.39, 0.29) is 5.84 Å². The molecular weight excluding hydrogens is 246 g/mol. The molecule has 0 unspecified atom stereocenters. The molecule has 1 aliphatic rings. The lowest BCUT2D eigenvalue weighted by molar-refractivity contribution is 0.293. The van der Waals surface area contributed by atoms with Crippen LogP contribution in [0.5, 0.6) is 0 Å². The molecule has 0 aliphatic carbocycles. The molecule has 3 nitrogen and oxygen atoms in total. The maximum absolute atomic E-state index is 7.68. The first kappa shape index (κ1) is 13.2. The van der Waals surface area contributed by atoms with Gasteiger partial charge in [-0.25, -0.2) is 0 Å². The summed E-state index contributed by atoms with van der Waals surface area (Å²) in [6, 6.07) is 5.62. The SMILES string of the molecule is CC1(C)CCCN(c2ccc(Cl)cc2C(=N)N)C1. The number of nitrogens with one attached hydrogen (secondary N) is 1. The van der Waals surface area contributed by atoms with Gasteiger partial charge in [-0.3, -0.25) is 5.41 Å². The average Bonchev–Trinajstić information content (AvgIpc) is 2.27. The Bertz CT molecular complexity index is 468. The predicted molar refractivity (Wildman–Crippen MR) is 77.7 cm³/mol. The van der Waals surface area contributed by atoms with E-state index in [0.29, 0.717) is 10.4 Å². The number of hydrogen-bond acceptors (Lipinski definition) is 2. The van der Waals surface area contributed by atoms with Gasteiger partial charge in [0.25, 0.3) is 0 Å². The highest BCUT2D eigenvalue weighted by Gasteiger charge is 2.27. The summed E-state index contributed by atoms with van der Waals surface area (Å²) in [5.74, 6) is 0.0795. The number of hydrogen-bond donors (Lipinski definition) is 2. The van der Waals surface area contributed by atoms with E-state index in [9.17, 15) is 0 Å². The van der Waals surface area contributed by atoms with E-state index in [2.05, 4.69) is 18.7 Å². The third-order valence-corrected chi connectivity index (χ3v) is 3.73. The average molecular weight is 266 g/mol. The molecule has 1 aromatic carbocycles. The highest BCUT2D eigenvalue weighted by Crippen LogP contribution is 2.33. The molecule has 0 radical (unpaired) electrons. The summed E-state index contributed by atoms with van der Waals surface area (Å²) in [5.41, 5.74) is 7.73. The second-order valence-electron chi connectivity index (χ2n) is 5.76. The zero-order valence-corrected chi connectivity index (χ0v) is 11.7. The molecule has 0 amide bonds. The third-order valence-electron chi connectivity index (χ3n) is 3.49. The molecule has 1 heterocycles. The highest BCUT2D eigenvalue weighted by molar-refractivity contribution is 6.31. The molecule has 18 heavy (non-hydrogen) atoms. The maximum atomic E-state index is 7.68. The fourth-order valence-electron chi connectivity index (χ4n) is 2.63. The van der Waals surface area contributed by atoms with Crippen LogP contribution in [0.2, 0.25) is 5.02 Å². The monoisotopic (exact) mass is 265 g/mol. The fourth-order valence-corrected chi connectivity index (χ4v) is 2.80. The Morgan fingerprint density at radius 2 is 2.17 bits per heavy atom. The second kappa shape index (κ2) is 4.81. The van der Waals surface area contributed by atoms with Crippen LogP contribution in [0, 0.1) is 10.8 Å². The summed E-state index contributed by atoms with van der Waals surface area (Å²) in [4.78, 5) is 2.32. The van der Waals surface area contributed by atoms with Crippen LogP contribution >= 0.6 is 11.6 Å². The van der Waals surface area contributed by atoms with Crippen molar-refractivity contribution in [1.82, 2.24) is 0 Å². The second-order valence-corrected chi connectivity index (χ2v) is 6.20. The van der Waals surface area contributed by atoms with Crippen molar-refractivity contribution in [2.24, 2.45) is 11.1 Å². The number of piperidine rings is 1. The van der Waals surface area contributed by atoms with Gasteiger partial charge in [0.15, 0.2) is 0 Å². The molecule has 3 N–H and O–H groups in total. The number of nitrogens with two attached hydrogens (primary N) is 1. The molecular formula is C14H20ClN3. The van der Waals surface area contributed by atoms with Crippen molar-refractivity contribution in [2.45, 2.75) is 26.7 Å².